The summed E-state index contributed by atoms with van der Waals surface area (Å²) in [6.45, 7) is 6.14. The molecule has 0 saturated heterocycles. The van der Waals surface area contributed by atoms with E-state index in [4.69, 9.17) is 0 Å². The van der Waals surface area contributed by atoms with Gasteiger partial charge < -0.3 is 15.2 Å². The number of esters is 1. The first-order chi connectivity index (χ1) is 6.29. The molecule has 0 aromatic carbocycles. The summed E-state index contributed by atoms with van der Waals surface area (Å²) in [5.74, 6) is -1.11. The topological polar surface area (TPSA) is 75.6 Å². The van der Waals surface area contributed by atoms with Crippen molar-refractivity contribution < 1.29 is 19.4 Å². The van der Waals surface area contributed by atoms with E-state index in [1.54, 1.807) is 6.92 Å². The van der Waals surface area contributed by atoms with Gasteiger partial charge in [-0.3, -0.25) is 4.79 Å². The molecule has 0 rings (SSSR count). The third kappa shape index (κ3) is 4.23. The van der Waals surface area contributed by atoms with Crippen LogP contribution in [0.4, 0.5) is 0 Å². The predicted octanol–water partition coefficient (Wildman–Crippen LogP) is -0.175. The molecule has 5 heteroatoms. The van der Waals surface area contributed by atoms with E-state index in [-0.39, 0.29) is 6.61 Å². The number of carbonyl (C=O) groups is 2. The number of hydrogen-bond acceptors (Lipinski definition) is 4. The number of rotatable bonds is 4. The van der Waals surface area contributed by atoms with Gasteiger partial charge >= 0.3 is 5.97 Å². The van der Waals surface area contributed by atoms with Gasteiger partial charge in [0.2, 0.25) is 0 Å². The molecule has 5 nitrogen and oxygen atoms in total. The average molecular weight is 203 g/mol. The minimum absolute atomic E-state index is 0.265. The summed E-state index contributed by atoms with van der Waals surface area (Å²) in [5.41, 5.74) is -1.49. The van der Waals surface area contributed by atoms with Gasteiger partial charge in [-0.05, 0) is 27.7 Å². The van der Waals surface area contributed by atoms with Crippen molar-refractivity contribution in [2.24, 2.45) is 0 Å². The highest BCUT2D eigenvalue weighted by atomic mass is 16.5. The number of aliphatic hydroxyl groups is 1. The Morgan fingerprint density at radius 1 is 1.50 bits per heavy atom. The lowest BCUT2D eigenvalue weighted by Gasteiger charge is -2.19. The van der Waals surface area contributed by atoms with Crippen molar-refractivity contribution in [3.8, 4) is 0 Å². The zero-order valence-electron chi connectivity index (χ0n) is 8.96. The molecule has 0 heterocycles. The van der Waals surface area contributed by atoms with Gasteiger partial charge in [0.1, 0.15) is 11.6 Å². The monoisotopic (exact) mass is 203 g/mol. The van der Waals surface area contributed by atoms with Crippen LogP contribution in [0.5, 0.6) is 0 Å². The Hall–Kier alpha value is -1.10. The third-order valence-corrected chi connectivity index (χ3v) is 1.54. The van der Waals surface area contributed by atoms with Crippen LogP contribution in [0.15, 0.2) is 0 Å². The second-order valence-corrected chi connectivity index (χ2v) is 3.51. The molecule has 14 heavy (non-hydrogen) atoms. The zero-order valence-corrected chi connectivity index (χ0v) is 8.96. The van der Waals surface area contributed by atoms with E-state index < -0.39 is 23.5 Å². The zero-order chi connectivity index (χ0) is 11.4. The summed E-state index contributed by atoms with van der Waals surface area (Å²) in [4.78, 5) is 22.3. The molecule has 0 saturated carbocycles. The normalized spacial score (nSPS) is 13.2. The molecule has 1 atom stereocenters. The van der Waals surface area contributed by atoms with E-state index in [0.29, 0.717) is 0 Å². The van der Waals surface area contributed by atoms with Crippen molar-refractivity contribution in [2.75, 3.05) is 6.61 Å². The molecule has 0 aromatic heterocycles. The Morgan fingerprint density at radius 3 is 2.36 bits per heavy atom. The van der Waals surface area contributed by atoms with Crippen LogP contribution >= 0.6 is 0 Å². The SMILES string of the molecule is CCOC(=O)C(C)NC(=O)C(C)(C)O. The van der Waals surface area contributed by atoms with Crippen LogP contribution in [0.25, 0.3) is 0 Å². The summed E-state index contributed by atoms with van der Waals surface area (Å²) in [6, 6.07) is -0.742. The molecule has 0 bridgehead atoms. The molecule has 0 aliphatic carbocycles. The fourth-order valence-corrected chi connectivity index (χ4v) is 0.699. The highest BCUT2D eigenvalue weighted by molar-refractivity contribution is 5.88. The summed E-state index contributed by atoms with van der Waals surface area (Å²) < 4.78 is 4.68. The van der Waals surface area contributed by atoms with Gasteiger partial charge in [-0.1, -0.05) is 0 Å². The summed E-state index contributed by atoms with van der Waals surface area (Å²) in [5, 5.41) is 11.6. The molecular weight excluding hydrogens is 186 g/mol. The maximum absolute atomic E-state index is 11.2. The first kappa shape index (κ1) is 12.9. The maximum atomic E-state index is 11.2. The summed E-state index contributed by atoms with van der Waals surface area (Å²) in [7, 11) is 0. The van der Waals surface area contributed by atoms with Gasteiger partial charge in [-0.2, -0.15) is 0 Å². The Kier molecular flexibility index (Phi) is 4.56. The summed E-state index contributed by atoms with van der Waals surface area (Å²) in [6.07, 6.45) is 0. The largest absolute Gasteiger partial charge is 0.464 e. The van der Waals surface area contributed by atoms with Crippen molar-refractivity contribution in [2.45, 2.75) is 39.3 Å². The van der Waals surface area contributed by atoms with Crippen LogP contribution in [-0.2, 0) is 14.3 Å². The molecule has 0 fully saturated rings. The van der Waals surface area contributed by atoms with Crippen molar-refractivity contribution in [3.63, 3.8) is 0 Å². The van der Waals surface area contributed by atoms with Gasteiger partial charge in [0.05, 0.1) is 6.61 Å². The molecule has 2 N–H and O–H groups in total. The van der Waals surface area contributed by atoms with Crippen molar-refractivity contribution in [1.29, 1.82) is 0 Å². The van der Waals surface area contributed by atoms with Crippen LogP contribution in [0.2, 0.25) is 0 Å². The van der Waals surface area contributed by atoms with E-state index >= 15 is 0 Å². The lowest BCUT2D eigenvalue weighted by Crippen LogP contribution is -2.48. The molecule has 0 radical (unpaired) electrons. The van der Waals surface area contributed by atoms with E-state index in [0.717, 1.165) is 0 Å². The summed E-state index contributed by atoms with van der Waals surface area (Å²) >= 11 is 0. The Balaban J connectivity index is 4.13. The van der Waals surface area contributed by atoms with Gasteiger partial charge in [0.15, 0.2) is 0 Å². The lowest BCUT2D eigenvalue weighted by atomic mass is 10.1. The highest BCUT2D eigenvalue weighted by Gasteiger charge is 2.27. The average Bonchev–Trinajstić information content (AvgIpc) is 2.02. The van der Waals surface area contributed by atoms with Crippen LogP contribution in [0.3, 0.4) is 0 Å². The quantitative estimate of drug-likeness (QED) is 0.622. The second-order valence-electron chi connectivity index (χ2n) is 3.51. The molecule has 82 valence electrons. The van der Waals surface area contributed by atoms with Crippen LogP contribution in [-0.4, -0.2) is 35.2 Å². The molecule has 0 aliphatic heterocycles. The van der Waals surface area contributed by atoms with E-state index in [1.807, 2.05) is 0 Å². The molecular formula is C9H17NO4. The standard InChI is InChI=1S/C9H17NO4/c1-5-14-7(11)6(2)10-8(12)9(3,4)13/h6,13H,5H2,1-4H3,(H,10,12). The van der Waals surface area contributed by atoms with Crippen LogP contribution in [0, 0.1) is 0 Å². The smallest absolute Gasteiger partial charge is 0.328 e. The van der Waals surface area contributed by atoms with Gasteiger partial charge in [0, 0.05) is 0 Å². The van der Waals surface area contributed by atoms with E-state index in [2.05, 4.69) is 10.1 Å². The Morgan fingerprint density at radius 2 is 2.00 bits per heavy atom. The number of amides is 1. The Labute approximate surface area is 83.4 Å². The second kappa shape index (κ2) is 4.95. The van der Waals surface area contributed by atoms with Crippen LogP contribution in [0.1, 0.15) is 27.7 Å². The van der Waals surface area contributed by atoms with Gasteiger partial charge in [-0.15, -0.1) is 0 Å². The van der Waals surface area contributed by atoms with Gasteiger partial charge in [0.25, 0.3) is 5.91 Å². The first-order valence-corrected chi connectivity index (χ1v) is 4.49. The van der Waals surface area contributed by atoms with E-state index in [9.17, 15) is 14.7 Å². The first-order valence-electron chi connectivity index (χ1n) is 4.49. The van der Waals surface area contributed by atoms with Crippen molar-refractivity contribution in [3.05, 3.63) is 0 Å². The number of carbonyl (C=O) groups excluding carboxylic acids is 2. The minimum atomic E-state index is -1.49. The molecule has 0 spiro atoms. The van der Waals surface area contributed by atoms with Crippen molar-refractivity contribution in [1.82, 2.24) is 5.32 Å². The molecule has 1 amide bonds. The van der Waals surface area contributed by atoms with Crippen LogP contribution < -0.4 is 5.32 Å². The van der Waals surface area contributed by atoms with E-state index in [1.165, 1.54) is 20.8 Å². The van der Waals surface area contributed by atoms with Gasteiger partial charge in [-0.25, -0.2) is 4.79 Å². The maximum Gasteiger partial charge on any atom is 0.328 e. The predicted molar refractivity (Wildman–Crippen MR) is 50.5 cm³/mol. The fourth-order valence-electron chi connectivity index (χ4n) is 0.699. The number of ether oxygens (including phenoxy) is 1. The Bertz CT molecular complexity index is 219. The highest BCUT2D eigenvalue weighted by Crippen LogP contribution is 2.01. The molecule has 0 aromatic rings. The fraction of sp³-hybridized carbons (Fsp3) is 0.778. The number of hydrogen-bond donors (Lipinski definition) is 2. The third-order valence-electron chi connectivity index (χ3n) is 1.54. The minimum Gasteiger partial charge on any atom is -0.464 e. The van der Waals surface area contributed by atoms with Crippen molar-refractivity contribution >= 4 is 11.9 Å². The molecule has 0 aliphatic rings. The molecule has 1 unspecified atom stereocenters. The lowest BCUT2D eigenvalue weighted by molar-refractivity contribution is -0.149. The number of nitrogens with one attached hydrogen (secondary N) is 1.